The highest BCUT2D eigenvalue weighted by Crippen LogP contribution is 2.30. The van der Waals surface area contributed by atoms with Gasteiger partial charge in [-0.05, 0) is 27.7 Å². The van der Waals surface area contributed by atoms with Crippen LogP contribution >= 0.6 is 22.9 Å². The number of aromatic nitrogens is 3. The maximum atomic E-state index is 6.36. The summed E-state index contributed by atoms with van der Waals surface area (Å²) >= 11 is 8.03. The second kappa shape index (κ2) is 6.22. The van der Waals surface area contributed by atoms with Crippen molar-refractivity contribution in [2.45, 2.75) is 46.7 Å². The van der Waals surface area contributed by atoms with E-state index in [0.29, 0.717) is 6.42 Å². The van der Waals surface area contributed by atoms with Crippen LogP contribution in [0.3, 0.4) is 0 Å². The van der Waals surface area contributed by atoms with Gasteiger partial charge >= 0.3 is 0 Å². The Balaban J connectivity index is 2.34. The number of nitrogens with one attached hydrogen (secondary N) is 1. The van der Waals surface area contributed by atoms with Crippen LogP contribution in [0.1, 0.15) is 39.9 Å². The van der Waals surface area contributed by atoms with Crippen LogP contribution in [0.25, 0.3) is 0 Å². The molecule has 0 fully saturated rings. The Labute approximate surface area is 128 Å². The fraction of sp³-hybridized carbons (Fsp3) is 0.538. The van der Waals surface area contributed by atoms with E-state index in [-0.39, 0.29) is 6.04 Å². The van der Waals surface area contributed by atoms with Crippen molar-refractivity contribution in [1.82, 2.24) is 20.2 Å². The first kappa shape index (κ1) is 15.4. The highest BCUT2D eigenvalue weighted by Gasteiger charge is 2.21. The predicted molar refractivity (Wildman–Crippen MR) is 83.0 cm³/mol. The van der Waals surface area contributed by atoms with Gasteiger partial charge in [0, 0.05) is 17.8 Å². The van der Waals surface area contributed by atoms with Crippen molar-refractivity contribution in [3.8, 4) is 0 Å². The number of hydrogen-bond donors (Lipinski definition) is 2. The standard InChI is InChI=1S/C13H20ClN5S/c1-5-19-11(12(14)7(2)18-19)6-10(17-15)13-8(3)16-9(4)20-13/h10,17H,5-6,15H2,1-4H3. The van der Waals surface area contributed by atoms with Gasteiger partial charge in [0.1, 0.15) is 0 Å². The van der Waals surface area contributed by atoms with Gasteiger partial charge in [0.2, 0.25) is 0 Å². The SMILES string of the molecule is CCn1nc(C)c(Cl)c1CC(NN)c1sc(C)nc1C. The molecule has 1 unspecified atom stereocenters. The molecule has 1 atom stereocenters. The largest absolute Gasteiger partial charge is 0.271 e. The molecule has 7 heteroatoms. The van der Waals surface area contributed by atoms with Gasteiger partial charge in [0.05, 0.1) is 33.2 Å². The summed E-state index contributed by atoms with van der Waals surface area (Å²) < 4.78 is 1.94. The van der Waals surface area contributed by atoms with Crippen molar-refractivity contribution < 1.29 is 0 Å². The number of hydrogen-bond acceptors (Lipinski definition) is 5. The van der Waals surface area contributed by atoms with Crippen LogP contribution in [-0.4, -0.2) is 14.8 Å². The lowest BCUT2D eigenvalue weighted by atomic mass is 10.1. The average Bonchev–Trinajstić information content (AvgIpc) is 2.88. The minimum Gasteiger partial charge on any atom is -0.271 e. The number of nitrogens with two attached hydrogens (primary N) is 1. The first-order valence-corrected chi connectivity index (χ1v) is 7.79. The highest BCUT2D eigenvalue weighted by atomic mass is 35.5. The molecule has 110 valence electrons. The Kier molecular flexibility index (Phi) is 4.80. The molecule has 0 saturated carbocycles. The van der Waals surface area contributed by atoms with E-state index in [1.54, 1.807) is 11.3 Å². The number of hydrazine groups is 1. The molecule has 20 heavy (non-hydrogen) atoms. The van der Waals surface area contributed by atoms with Crippen LogP contribution in [0.5, 0.6) is 0 Å². The fourth-order valence-corrected chi connectivity index (χ4v) is 3.56. The van der Waals surface area contributed by atoms with Gasteiger partial charge in [0.15, 0.2) is 0 Å². The summed E-state index contributed by atoms with van der Waals surface area (Å²) in [6.07, 6.45) is 0.701. The van der Waals surface area contributed by atoms with Gasteiger partial charge in [-0.1, -0.05) is 11.6 Å². The van der Waals surface area contributed by atoms with Crippen LogP contribution in [0.15, 0.2) is 0 Å². The minimum absolute atomic E-state index is 0.0000926. The topological polar surface area (TPSA) is 68.8 Å². The normalized spacial score (nSPS) is 12.9. The minimum atomic E-state index is 0.0000926. The zero-order valence-corrected chi connectivity index (χ0v) is 13.8. The van der Waals surface area contributed by atoms with Gasteiger partial charge < -0.3 is 0 Å². The summed E-state index contributed by atoms with van der Waals surface area (Å²) in [6.45, 7) is 8.78. The second-order valence-corrected chi connectivity index (χ2v) is 6.38. The molecule has 0 bridgehead atoms. The molecule has 2 aromatic heterocycles. The third kappa shape index (κ3) is 2.88. The molecule has 0 amide bonds. The maximum absolute atomic E-state index is 6.36. The van der Waals surface area contributed by atoms with Crippen molar-refractivity contribution in [2.75, 3.05) is 0 Å². The van der Waals surface area contributed by atoms with E-state index in [1.165, 1.54) is 0 Å². The molecule has 0 aliphatic rings. The number of halogens is 1. The summed E-state index contributed by atoms with van der Waals surface area (Å²) in [6, 6.07) is 0.0000926. The molecule has 0 radical (unpaired) electrons. The Bertz CT molecular complexity index is 604. The van der Waals surface area contributed by atoms with E-state index in [2.05, 4.69) is 22.4 Å². The van der Waals surface area contributed by atoms with Crippen molar-refractivity contribution in [1.29, 1.82) is 0 Å². The predicted octanol–water partition coefficient (Wildman–Crippen LogP) is 2.69. The average molecular weight is 314 g/mol. The first-order chi connectivity index (χ1) is 9.47. The van der Waals surface area contributed by atoms with Crippen LogP contribution in [0.2, 0.25) is 5.02 Å². The van der Waals surface area contributed by atoms with Crippen LogP contribution in [0.4, 0.5) is 0 Å². The van der Waals surface area contributed by atoms with Crippen molar-refractivity contribution in [3.63, 3.8) is 0 Å². The van der Waals surface area contributed by atoms with Crippen LogP contribution in [-0.2, 0) is 13.0 Å². The highest BCUT2D eigenvalue weighted by molar-refractivity contribution is 7.11. The molecular formula is C13H20ClN5S. The van der Waals surface area contributed by atoms with E-state index >= 15 is 0 Å². The lowest BCUT2D eigenvalue weighted by molar-refractivity contribution is 0.521. The monoisotopic (exact) mass is 313 g/mol. The molecule has 0 aliphatic heterocycles. The molecule has 0 aromatic carbocycles. The maximum Gasteiger partial charge on any atom is 0.0900 e. The number of nitrogens with zero attached hydrogens (tertiary/aromatic N) is 3. The zero-order chi connectivity index (χ0) is 14.9. The van der Waals surface area contributed by atoms with Crippen molar-refractivity contribution >= 4 is 22.9 Å². The van der Waals surface area contributed by atoms with Crippen molar-refractivity contribution in [2.24, 2.45) is 5.84 Å². The number of aryl methyl sites for hydroxylation is 4. The van der Waals surface area contributed by atoms with Gasteiger partial charge in [-0.3, -0.25) is 16.0 Å². The number of rotatable bonds is 5. The first-order valence-electron chi connectivity index (χ1n) is 6.59. The zero-order valence-electron chi connectivity index (χ0n) is 12.2. The summed E-state index contributed by atoms with van der Waals surface area (Å²) in [4.78, 5) is 5.61. The van der Waals surface area contributed by atoms with Gasteiger partial charge in [0.25, 0.3) is 0 Å². The molecular weight excluding hydrogens is 294 g/mol. The second-order valence-electron chi connectivity index (χ2n) is 4.77. The van der Waals surface area contributed by atoms with Gasteiger partial charge in [-0.2, -0.15) is 5.10 Å². The molecule has 2 rings (SSSR count). The summed E-state index contributed by atoms with van der Waals surface area (Å²) in [5.74, 6) is 5.74. The van der Waals surface area contributed by atoms with Gasteiger partial charge in [-0.15, -0.1) is 11.3 Å². The molecule has 3 N–H and O–H groups in total. The van der Waals surface area contributed by atoms with Crippen LogP contribution < -0.4 is 11.3 Å². The lowest BCUT2D eigenvalue weighted by Crippen LogP contribution is -2.30. The van der Waals surface area contributed by atoms with E-state index in [4.69, 9.17) is 17.4 Å². The smallest absolute Gasteiger partial charge is 0.0900 e. The molecule has 5 nitrogen and oxygen atoms in total. The lowest BCUT2D eigenvalue weighted by Gasteiger charge is -2.16. The third-order valence-electron chi connectivity index (χ3n) is 3.31. The van der Waals surface area contributed by atoms with E-state index in [9.17, 15) is 0 Å². The molecule has 2 aromatic rings. The molecule has 2 heterocycles. The summed E-state index contributed by atoms with van der Waals surface area (Å²) in [5, 5.41) is 6.21. The molecule has 0 saturated heterocycles. The van der Waals surface area contributed by atoms with E-state index < -0.39 is 0 Å². The fourth-order valence-electron chi connectivity index (χ4n) is 2.36. The number of thiazole rings is 1. The van der Waals surface area contributed by atoms with Crippen molar-refractivity contribution in [3.05, 3.63) is 32.0 Å². The van der Waals surface area contributed by atoms with Crippen LogP contribution in [0, 0.1) is 20.8 Å². The Hall–Kier alpha value is -0.950. The Morgan fingerprint density at radius 2 is 2.05 bits per heavy atom. The quantitative estimate of drug-likeness (QED) is 0.658. The van der Waals surface area contributed by atoms with Gasteiger partial charge in [-0.25, -0.2) is 4.98 Å². The van der Waals surface area contributed by atoms with E-state index in [0.717, 1.165) is 38.5 Å². The molecule has 0 aliphatic carbocycles. The molecule has 0 spiro atoms. The third-order valence-corrected chi connectivity index (χ3v) is 4.99. The van der Waals surface area contributed by atoms with E-state index in [1.807, 2.05) is 25.5 Å². The Morgan fingerprint density at radius 3 is 2.55 bits per heavy atom. The summed E-state index contributed by atoms with van der Waals surface area (Å²) in [5.41, 5.74) is 5.77. The summed E-state index contributed by atoms with van der Waals surface area (Å²) in [7, 11) is 0. The Morgan fingerprint density at radius 1 is 1.35 bits per heavy atom.